The Morgan fingerprint density at radius 3 is 3.00 bits per heavy atom. The van der Waals surface area contributed by atoms with E-state index in [1.165, 1.54) is 4.88 Å². The Bertz CT molecular complexity index is 429. The summed E-state index contributed by atoms with van der Waals surface area (Å²) in [6, 6.07) is 3.66. The fourth-order valence-corrected chi connectivity index (χ4v) is 3.28. The second-order valence-electron chi connectivity index (χ2n) is 5.84. The SMILES string of the molecule is CC[C@H](C)[C@H](N)C(=O)N(Cc1cccs1)CC1CCCO1. The van der Waals surface area contributed by atoms with Crippen molar-refractivity contribution in [1.82, 2.24) is 4.90 Å². The summed E-state index contributed by atoms with van der Waals surface area (Å²) < 4.78 is 5.69. The quantitative estimate of drug-likeness (QED) is 0.842. The Kier molecular flexibility index (Phi) is 6.21. The van der Waals surface area contributed by atoms with Crippen LogP contribution in [0.5, 0.6) is 0 Å². The maximum atomic E-state index is 12.7. The normalized spacial score (nSPS) is 21.2. The monoisotopic (exact) mass is 310 g/mol. The van der Waals surface area contributed by atoms with Gasteiger partial charge >= 0.3 is 0 Å². The zero-order valence-electron chi connectivity index (χ0n) is 13.0. The van der Waals surface area contributed by atoms with Gasteiger partial charge in [-0.3, -0.25) is 4.79 Å². The molecular formula is C16H26N2O2S. The lowest BCUT2D eigenvalue weighted by atomic mass is 9.98. The standard InChI is InChI=1S/C16H26N2O2S/c1-3-12(2)15(17)16(19)18(10-13-6-4-8-20-13)11-14-7-5-9-21-14/h5,7,9,12-13,15H,3-4,6,8,10-11,17H2,1-2H3/t12-,13?,15-/m0/s1. The molecule has 1 fully saturated rings. The van der Waals surface area contributed by atoms with Crippen LogP contribution in [0, 0.1) is 5.92 Å². The van der Waals surface area contributed by atoms with Gasteiger partial charge in [-0.25, -0.2) is 0 Å². The van der Waals surface area contributed by atoms with E-state index in [1.807, 2.05) is 23.3 Å². The van der Waals surface area contributed by atoms with E-state index in [-0.39, 0.29) is 17.9 Å². The molecule has 0 saturated carbocycles. The topological polar surface area (TPSA) is 55.6 Å². The Morgan fingerprint density at radius 2 is 2.43 bits per heavy atom. The summed E-state index contributed by atoms with van der Waals surface area (Å²) in [5.41, 5.74) is 6.15. The van der Waals surface area contributed by atoms with Crippen molar-refractivity contribution in [3.63, 3.8) is 0 Å². The first-order valence-electron chi connectivity index (χ1n) is 7.80. The van der Waals surface area contributed by atoms with E-state index in [0.717, 1.165) is 25.9 Å². The van der Waals surface area contributed by atoms with Gasteiger partial charge in [-0.2, -0.15) is 0 Å². The van der Waals surface area contributed by atoms with E-state index in [0.29, 0.717) is 13.1 Å². The van der Waals surface area contributed by atoms with Crippen LogP contribution in [0.4, 0.5) is 0 Å². The molecule has 1 aliphatic heterocycles. The lowest BCUT2D eigenvalue weighted by molar-refractivity contribution is -0.136. The highest BCUT2D eigenvalue weighted by Crippen LogP contribution is 2.19. The zero-order valence-corrected chi connectivity index (χ0v) is 13.8. The second kappa shape index (κ2) is 7.92. The summed E-state index contributed by atoms with van der Waals surface area (Å²) in [6.07, 6.45) is 3.20. The Balaban J connectivity index is 2.04. The van der Waals surface area contributed by atoms with E-state index in [1.54, 1.807) is 11.3 Å². The molecule has 0 aliphatic carbocycles. The number of ether oxygens (including phenoxy) is 1. The maximum Gasteiger partial charge on any atom is 0.240 e. The van der Waals surface area contributed by atoms with Crippen LogP contribution >= 0.6 is 11.3 Å². The molecule has 3 atom stereocenters. The van der Waals surface area contributed by atoms with E-state index < -0.39 is 6.04 Å². The third-order valence-electron chi connectivity index (χ3n) is 4.23. The molecule has 2 N–H and O–H groups in total. The van der Waals surface area contributed by atoms with Crippen LogP contribution in [-0.4, -0.2) is 36.1 Å². The Labute approximate surface area is 131 Å². The first kappa shape index (κ1) is 16.5. The van der Waals surface area contributed by atoms with Crippen molar-refractivity contribution in [2.45, 2.75) is 51.8 Å². The van der Waals surface area contributed by atoms with Crippen LogP contribution in [0.2, 0.25) is 0 Å². The number of hydrogen-bond donors (Lipinski definition) is 1. The third-order valence-corrected chi connectivity index (χ3v) is 5.09. The first-order chi connectivity index (χ1) is 10.1. The largest absolute Gasteiger partial charge is 0.376 e. The molecule has 0 aromatic carbocycles. The molecule has 0 bridgehead atoms. The highest BCUT2D eigenvalue weighted by Gasteiger charge is 2.28. The summed E-state index contributed by atoms with van der Waals surface area (Å²) in [7, 11) is 0. The van der Waals surface area contributed by atoms with Gasteiger partial charge in [-0.05, 0) is 30.2 Å². The Hall–Kier alpha value is -0.910. The zero-order chi connectivity index (χ0) is 15.2. The van der Waals surface area contributed by atoms with Crippen LogP contribution in [0.1, 0.15) is 38.0 Å². The molecular weight excluding hydrogens is 284 g/mol. The number of hydrogen-bond acceptors (Lipinski definition) is 4. The summed E-state index contributed by atoms with van der Waals surface area (Å²) in [5, 5.41) is 2.04. The molecule has 1 aliphatic rings. The number of nitrogens with zero attached hydrogens (tertiary/aromatic N) is 1. The van der Waals surface area contributed by atoms with Crippen molar-refractivity contribution >= 4 is 17.2 Å². The van der Waals surface area contributed by atoms with Crippen LogP contribution < -0.4 is 5.73 Å². The number of thiophene rings is 1. The van der Waals surface area contributed by atoms with Gasteiger partial charge in [-0.15, -0.1) is 11.3 Å². The minimum absolute atomic E-state index is 0.0493. The van der Waals surface area contributed by atoms with Crippen molar-refractivity contribution in [2.24, 2.45) is 11.7 Å². The van der Waals surface area contributed by atoms with Crippen molar-refractivity contribution < 1.29 is 9.53 Å². The van der Waals surface area contributed by atoms with Crippen molar-refractivity contribution in [1.29, 1.82) is 0 Å². The minimum atomic E-state index is -0.420. The van der Waals surface area contributed by atoms with E-state index >= 15 is 0 Å². The molecule has 1 unspecified atom stereocenters. The van der Waals surface area contributed by atoms with Gasteiger partial charge in [0.25, 0.3) is 0 Å². The molecule has 4 nitrogen and oxygen atoms in total. The predicted octanol–water partition coefficient (Wildman–Crippen LogP) is 2.63. The average molecular weight is 310 g/mol. The molecule has 118 valence electrons. The molecule has 2 rings (SSSR count). The molecule has 1 amide bonds. The number of amides is 1. The van der Waals surface area contributed by atoms with Gasteiger partial charge in [0, 0.05) is 18.0 Å². The van der Waals surface area contributed by atoms with Crippen LogP contribution in [0.3, 0.4) is 0 Å². The van der Waals surface area contributed by atoms with E-state index in [4.69, 9.17) is 10.5 Å². The summed E-state index contributed by atoms with van der Waals surface area (Å²) in [4.78, 5) is 15.8. The average Bonchev–Trinajstić information content (AvgIpc) is 3.17. The third kappa shape index (κ3) is 4.53. The summed E-state index contributed by atoms with van der Waals surface area (Å²) in [6.45, 7) is 6.21. The number of carbonyl (C=O) groups is 1. The predicted molar refractivity (Wildman–Crippen MR) is 86.1 cm³/mol. The fraction of sp³-hybridized carbons (Fsp3) is 0.688. The first-order valence-corrected chi connectivity index (χ1v) is 8.68. The van der Waals surface area contributed by atoms with Crippen LogP contribution in [0.25, 0.3) is 0 Å². The molecule has 5 heteroatoms. The van der Waals surface area contributed by atoms with Gasteiger partial charge in [0.1, 0.15) is 0 Å². The van der Waals surface area contributed by atoms with Gasteiger partial charge in [0.15, 0.2) is 0 Å². The lowest BCUT2D eigenvalue weighted by Gasteiger charge is -2.29. The minimum Gasteiger partial charge on any atom is -0.376 e. The van der Waals surface area contributed by atoms with Gasteiger partial charge < -0.3 is 15.4 Å². The van der Waals surface area contributed by atoms with Gasteiger partial charge in [-0.1, -0.05) is 26.3 Å². The van der Waals surface area contributed by atoms with E-state index in [9.17, 15) is 4.79 Å². The molecule has 2 heterocycles. The van der Waals surface area contributed by atoms with Crippen LogP contribution in [0.15, 0.2) is 17.5 Å². The summed E-state index contributed by atoms with van der Waals surface area (Å²) in [5.74, 6) is 0.251. The number of rotatable bonds is 7. The van der Waals surface area contributed by atoms with E-state index in [2.05, 4.69) is 13.0 Å². The smallest absolute Gasteiger partial charge is 0.240 e. The van der Waals surface area contributed by atoms with Crippen LogP contribution in [-0.2, 0) is 16.1 Å². The molecule has 0 radical (unpaired) electrons. The Morgan fingerprint density at radius 1 is 1.62 bits per heavy atom. The van der Waals surface area contributed by atoms with Crippen molar-refractivity contribution in [2.75, 3.05) is 13.2 Å². The lowest BCUT2D eigenvalue weighted by Crippen LogP contribution is -2.48. The summed E-state index contributed by atoms with van der Waals surface area (Å²) >= 11 is 1.68. The van der Waals surface area contributed by atoms with Crippen molar-refractivity contribution in [3.8, 4) is 0 Å². The molecule has 1 saturated heterocycles. The number of carbonyl (C=O) groups excluding carboxylic acids is 1. The fourth-order valence-electron chi connectivity index (χ4n) is 2.57. The van der Waals surface area contributed by atoms with Gasteiger partial charge in [0.05, 0.1) is 18.7 Å². The van der Waals surface area contributed by atoms with Crippen molar-refractivity contribution in [3.05, 3.63) is 22.4 Å². The molecule has 21 heavy (non-hydrogen) atoms. The molecule has 0 spiro atoms. The highest BCUT2D eigenvalue weighted by atomic mass is 32.1. The second-order valence-corrected chi connectivity index (χ2v) is 6.88. The maximum absolute atomic E-state index is 12.7. The van der Waals surface area contributed by atoms with Gasteiger partial charge in [0.2, 0.25) is 5.91 Å². The molecule has 1 aromatic rings. The molecule has 1 aromatic heterocycles. The number of nitrogens with two attached hydrogens (primary N) is 1. The highest BCUT2D eigenvalue weighted by molar-refractivity contribution is 7.09.